The lowest BCUT2D eigenvalue weighted by Gasteiger charge is -2.35. The molecule has 37 heavy (non-hydrogen) atoms. The molecule has 11 nitrogen and oxygen atoms in total. The van der Waals surface area contributed by atoms with E-state index in [0.29, 0.717) is 37.6 Å². The van der Waals surface area contributed by atoms with Crippen LogP contribution in [0.3, 0.4) is 0 Å². The van der Waals surface area contributed by atoms with Crippen LogP contribution in [0.5, 0.6) is 0 Å². The first-order valence-corrected chi connectivity index (χ1v) is 14.3. The molecule has 0 spiro atoms. The summed E-state index contributed by atoms with van der Waals surface area (Å²) in [5.41, 5.74) is 2.04. The third-order valence-corrected chi connectivity index (χ3v) is 8.07. The van der Waals surface area contributed by atoms with E-state index in [9.17, 15) is 23.3 Å². The lowest BCUT2D eigenvalue weighted by Crippen LogP contribution is -2.48. The molecule has 2 aromatic carbocycles. The second-order valence-corrected chi connectivity index (χ2v) is 11.5. The molecule has 0 atom stereocenters. The van der Waals surface area contributed by atoms with E-state index in [-0.39, 0.29) is 16.4 Å². The van der Waals surface area contributed by atoms with Gasteiger partial charge in [0.05, 0.1) is 22.6 Å². The number of rotatable bonds is 6. The fraction of sp³-hybridized carbons (Fsp3) is 0.417. The lowest BCUT2D eigenvalue weighted by atomic mass is 10.1. The third kappa shape index (κ3) is 6.53. The van der Waals surface area contributed by atoms with Gasteiger partial charge in [0.25, 0.3) is 11.6 Å². The van der Waals surface area contributed by atoms with Crippen LogP contribution in [0.25, 0.3) is 0 Å². The van der Waals surface area contributed by atoms with Crippen molar-refractivity contribution in [3.63, 3.8) is 0 Å². The first-order valence-electron chi connectivity index (χ1n) is 12.1. The number of nitro groups is 1. The van der Waals surface area contributed by atoms with Gasteiger partial charge in [-0.3, -0.25) is 20.2 Å². The molecule has 2 heterocycles. The quantitative estimate of drug-likeness (QED) is 0.319. The van der Waals surface area contributed by atoms with Crippen molar-refractivity contribution in [2.45, 2.75) is 19.3 Å². The van der Waals surface area contributed by atoms with Gasteiger partial charge in [-0.15, -0.1) is 0 Å². The predicted molar refractivity (Wildman–Crippen MR) is 148 cm³/mol. The van der Waals surface area contributed by atoms with E-state index < -0.39 is 20.9 Å². The topological polar surface area (TPSA) is 128 Å². The first-order chi connectivity index (χ1) is 17.6. The Bertz CT molecular complexity index is 1290. The molecule has 1 amide bonds. The van der Waals surface area contributed by atoms with E-state index in [4.69, 9.17) is 12.2 Å². The van der Waals surface area contributed by atoms with Crippen molar-refractivity contribution in [2.24, 2.45) is 0 Å². The minimum atomic E-state index is -3.24. The van der Waals surface area contributed by atoms with Gasteiger partial charge in [0.15, 0.2) is 5.11 Å². The summed E-state index contributed by atoms with van der Waals surface area (Å²) in [6.07, 6.45) is 4.27. The number of carbonyl (C=O) groups is 1. The zero-order chi connectivity index (χ0) is 26.6. The number of hydrogen-bond acceptors (Lipinski definition) is 8. The molecule has 0 radical (unpaired) electrons. The number of piperidine rings is 1. The molecule has 198 valence electrons. The molecule has 2 fully saturated rings. The van der Waals surface area contributed by atoms with Crippen LogP contribution in [0, 0.1) is 10.1 Å². The van der Waals surface area contributed by atoms with E-state index in [2.05, 4.69) is 15.5 Å². The smallest absolute Gasteiger partial charge is 0.293 e. The van der Waals surface area contributed by atoms with Gasteiger partial charge < -0.3 is 15.1 Å². The molecule has 2 aliphatic rings. The van der Waals surface area contributed by atoms with Gasteiger partial charge >= 0.3 is 0 Å². The van der Waals surface area contributed by atoms with Crippen LogP contribution in [0.15, 0.2) is 42.5 Å². The van der Waals surface area contributed by atoms with Crippen LogP contribution < -0.4 is 20.4 Å². The van der Waals surface area contributed by atoms with Crippen molar-refractivity contribution in [3.8, 4) is 0 Å². The van der Waals surface area contributed by atoms with Crippen molar-refractivity contribution in [1.29, 1.82) is 0 Å². The third-order valence-electron chi connectivity index (χ3n) is 6.56. The fourth-order valence-electron chi connectivity index (χ4n) is 4.66. The van der Waals surface area contributed by atoms with E-state index in [1.54, 1.807) is 12.1 Å². The number of hydrogen-bond donors (Lipinski definition) is 2. The zero-order valence-corrected chi connectivity index (χ0v) is 22.2. The average molecular weight is 547 g/mol. The predicted octanol–water partition coefficient (Wildman–Crippen LogP) is 2.79. The van der Waals surface area contributed by atoms with Crippen molar-refractivity contribution in [1.82, 2.24) is 9.62 Å². The largest absolute Gasteiger partial charge is 0.367 e. The van der Waals surface area contributed by atoms with Gasteiger partial charge in [-0.1, -0.05) is 12.1 Å². The standard InChI is InChI=1S/C24H30N6O5S2/c1-37(34,35)29-15-13-28(14-16-29)20-8-4-3-7-19(20)25-24(36)26-23(31)18-9-10-21(22(17-18)30(32)33)27-11-5-2-6-12-27/h3-4,7-10,17H,2,5-6,11-16H2,1H3,(H2,25,26,31,36). The number of amides is 1. The summed E-state index contributed by atoms with van der Waals surface area (Å²) in [5, 5.41) is 17.4. The van der Waals surface area contributed by atoms with Gasteiger partial charge in [0.1, 0.15) is 5.69 Å². The van der Waals surface area contributed by atoms with Gasteiger partial charge in [-0.2, -0.15) is 4.31 Å². The summed E-state index contributed by atoms with van der Waals surface area (Å²) in [6, 6.07) is 11.9. The Kier molecular flexibility index (Phi) is 8.25. The van der Waals surface area contributed by atoms with E-state index in [1.165, 1.54) is 16.6 Å². The molecule has 2 aromatic rings. The molecule has 0 saturated carbocycles. The van der Waals surface area contributed by atoms with Crippen LogP contribution in [0.2, 0.25) is 0 Å². The number of para-hydroxylation sites is 2. The number of carbonyl (C=O) groups excluding carboxylic acids is 1. The second-order valence-electron chi connectivity index (χ2n) is 9.08. The summed E-state index contributed by atoms with van der Waals surface area (Å²) < 4.78 is 25.1. The number of piperazine rings is 1. The maximum atomic E-state index is 12.9. The van der Waals surface area contributed by atoms with Crippen molar-refractivity contribution >= 4 is 56.0 Å². The highest BCUT2D eigenvalue weighted by molar-refractivity contribution is 7.88. The van der Waals surface area contributed by atoms with Crippen molar-refractivity contribution in [2.75, 3.05) is 60.6 Å². The summed E-state index contributed by atoms with van der Waals surface area (Å²) in [7, 11) is -3.24. The van der Waals surface area contributed by atoms with Crippen LogP contribution in [0.1, 0.15) is 29.6 Å². The summed E-state index contributed by atoms with van der Waals surface area (Å²) in [4.78, 5) is 28.2. The van der Waals surface area contributed by atoms with Gasteiger partial charge in [-0.25, -0.2) is 8.42 Å². The van der Waals surface area contributed by atoms with Crippen LogP contribution >= 0.6 is 12.2 Å². The maximum absolute atomic E-state index is 12.9. The molecule has 0 aromatic heterocycles. The number of nitro benzene ring substituents is 1. The molecule has 2 N–H and O–H groups in total. The molecule has 0 unspecified atom stereocenters. The molecule has 13 heteroatoms. The van der Waals surface area contributed by atoms with Gasteiger partial charge in [0.2, 0.25) is 10.0 Å². The number of anilines is 3. The molecule has 0 aliphatic carbocycles. The molecule has 2 saturated heterocycles. The fourth-order valence-corrected chi connectivity index (χ4v) is 5.69. The Morgan fingerprint density at radius 1 is 0.946 bits per heavy atom. The SMILES string of the molecule is CS(=O)(=O)N1CCN(c2ccccc2NC(=S)NC(=O)c2ccc(N3CCCCC3)c([N+](=O)[O-])c2)CC1. The maximum Gasteiger partial charge on any atom is 0.293 e. The molecule has 2 aliphatic heterocycles. The Balaban J connectivity index is 1.43. The van der Waals surface area contributed by atoms with Gasteiger partial charge in [-0.05, 0) is 55.7 Å². The summed E-state index contributed by atoms with van der Waals surface area (Å²) in [6.45, 7) is 3.28. The minimum absolute atomic E-state index is 0.0509. The highest BCUT2D eigenvalue weighted by Crippen LogP contribution is 2.31. The highest BCUT2D eigenvalue weighted by Gasteiger charge is 2.26. The van der Waals surface area contributed by atoms with E-state index in [0.717, 1.165) is 38.0 Å². The zero-order valence-electron chi connectivity index (χ0n) is 20.6. The Hall–Kier alpha value is -3.29. The monoisotopic (exact) mass is 546 g/mol. The number of sulfonamides is 1. The lowest BCUT2D eigenvalue weighted by molar-refractivity contribution is -0.384. The Labute approximate surface area is 221 Å². The number of nitrogens with zero attached hydrogens (tertiary/aromatic N) is 4. The molecular formula is C24H30N6O5S2. The van der Waals surface area contributed by atoms with E-state index in [1.807, 2.05) is 29.2 Å². The molecule has 4 rings (SSSR count). The second kappa shape index (κ2) is 11.4. The average Bonchev–Trinajstić information content (AvgIpc) is 2.88. The summed E-state index contributed by atoms with van der Waals surface area (Å²) >= 11 is 5.36. The number of benzene rings is 2. The van der Waals surface area contributed by atoms with Crippen LogP contribution in [-0.2, 0) is 10.0 Å². The normalized spacial score (nSPS) is 16.8. The van der Waals surface area contributed by atoms with E-state index >= 15 is 0 Å². The van der Waals surface area contributed by atoms with Crippen molar-refractivity contribution < 1.29 is 18.1 Å². The van der Waals surface area contributed by atoms with Crippen LogP contribution in [0.4, 0.5) is 22.7 Å². The Morgan fingerprint density at radius 3 is 2.24 bits per heavy atom. The minimum Gasteiger partial charge on any atom is -0.367 e. The highest BCUT2D eigenvalue weighted by atomic mass is 32.2. The molecular weight excluding hydrogens is 516 g/mol. The first kappa shape index (κ1) is 26.8. The molecule has 0 bridgehead atoms. The number of nitrogens with one attached hydrogen (secondary N) is 2. The Morgan fingerprint density at radius 2 is 1.59 bits per heavy atom. The van der Waals surface area contributed by atoms with Crippen molar-refractivity contribution in [3.05, 3.63) is 58.1 Å². The van der Waals surface area contributed by atoms with Gasteiger partial charge in [0, 0.05) is 50.9 Å². The summed E-state index contributed by atoms with van der Waals surface area (Å²) in [5.74, 6) is -0.551. The van der Waals surface area contributed by atoms with Crippen LogP contribution in [-0.4, -0.2) is 74.2 Å². The number of thiocarbonyl (C=S) groups is 1.